The number of aliphatic carboxylic acids is 1. The number of nitrogens with zero attached hydrogens (tertiary/aromatic N) is 1. The SMILES string of the molecule is C=C(Cn1c(=O)ccc2ccccc21)C(=O)O. The Morgan fingerprint density at radius 2 is 1.94 bits per heavy atom. The number of pyridine rings is 1. The lowest BCUT2D eigenvalue weighted by atomic mass is 10.2. The second-order valence-electron chi connectivity index (χ2n) is 3.73. The van der Waals surface area contributed by atoms with Crippen LogP contribution in [-0.4, -0.2) is 15.6 Å². The van der Waals surface area contributed by atoms with Crippen molar-refractivity contribution < 1.29 is 9.90 Å². The number of carboxylic acids is 1. The monoisotopic (exact) mass is 229 g/mol. The van der Waals surface area contributed by atoms with Gasteiger partial charge in [-0.05, 0) is 17.5 Å². The van der Waals surface area contributed by atoms with E-state index in [-0.39, 0.29) is 17.7 Å². The molecule has 1 heterocycles. The van der Waals surface area contributed by atoms with E-state index in [0.717, 1.165) is 5.39 Å². The molecule has 0 fully saturated rings. The fourth-order valence-corrected chi connectivity index (χ4v) is 1.67. The molecule has 17 heavy (non-hydrogen) atoms. The molecule has 0 bridgehead atoms. The van der Waals surface area contributed by atoms with Crippen LogP contribution in [-0.2, 0) is 11.3 Å². The summed E-state index contributed by atoms with van der Waals surface area (Å²) in [6, 6.07) is 10.5. The van der Waals surface area contributed by atoms with Crippen molar-refractivity contribution in [3.8, 4) is 0 Å². The van der Waals surface area contributed by atoms with Gasteiger partial charge in [0.1, 0.15) is 0 Å². The van der Waals surface area contributed by atoms with Gasteiger partial charge in [-0.1, -0.05) is 24.8 Å². The van der Waals surface area contributed by atoms with Gasteiger partial charge in [-0.3, -0.25) is 4.79 Å². The standard InChI is InChI=1S/C13H11NO3/c1-9(13(16)17)8-14-11-5-3-2-4-10(11)6-7-12(14)15/h2-7H,1,8H2,(H,16,17). The molecule has 0 aliphatic heterocycles. The molecule has 0 aliphatic carbocycles. The van der Waals surface area contributed by atoms with Crippen molar-refractivity contribution in [2.24, 2.45) is 0 Å². The third-order valence-electron chi connectivity index (χ3n) is 2.55. The summed E-state index contributed by atoms with van der Waals surface area (Å²) in [5.41, 5.74) is 0.469. The molecule has 4 nitrogen and oxygen atoms in total. The molecule has 0 unspecified atom stereocenters. The van der Waals surface area contributed by atoms with Crippen LogP contribution >= 0.6 is 0 Å². The van der Waals surface area contributed by atoms with Crippen LogP contribution in [0, 0.1) is 0 Å². The molecule has 0 radical (unpaired) electrons. The van der Waals surface area contributed by atoms with E-state index >= 15 is 0 Å². The molecule has 1 aromatic heterocycles. The average molecular weight is 229 g/mol. The van der Waals surface area contributed by atoms with Crippen molar-refractivity contribution in [3.63, 3.8) is 0 Å². The van der Waals surface area contributed by atoms with Crippen molar-refractivity contribution in [1.82, 2.24) is 4.57 Å². The van der Waals surface area contributed by atoms with Gasteiger partial charge in [0.2, 0.25) is 0 Å². The van der Waals surface area contributed by atoms with Crippen LogP contribution in [0.1, 0.15) is 0 Å². The van der Waals surface area contributed by atoms with E-state index in [1.165, 1.54) is 10.6 Å². The average Bonchev–Trinajstić information content (AvgIpc) is 2.32. The van der Waals surface area contributed by atoms with Crippen LogP contribution in [0.25, 0.3) is 10.9 Å². The fraction of sp³-hybridized carbons (Fsp3) is 0.0769. The predicted octanol–water partition coefficient (Wildman–Crippen LogP) is 1.64. The second kappa shape index (κ2) is 4.25. The van der Waals surface area contributed by atoms with Crippen LogP contribution in [0.2, 0.25) is 0 Å². The Morgan fingerprint density at radius 3 is 2.65 bits per heavy atom. The van der Waals surface area contributed by atoms with Crippen molar-refractivity contribution in [3.05, 3.63) is 58.9 Å². The smallest absolute Gasteiger partial charge is 0.332 e. The van der Waals surface area contributed by atoms with Crippen LogP contribution in [0.5, 0.6) is 0 Å². The van der Waals surface area contributed by atoms with E-state index in [1.807, 2.05) is 18.2 Å². The van der Waals surface area contributed by atoms with Gasteiger partial charge in [-0.2, -0.15) is 0 Å². The quantitative estimate of drug-likeness (QED) is 0.814. The molecule has 4 heteroatoms. The largest absolute Gasteiger partial charge is 0.478 e. The Labute approximate surface area is 97.4 Å². The van der Waals surface area contributed by atoms with Gasteiger partial charge in [0.25, 0.3) is 5.56 Å². The van der Waals surface area contributed by atoms with Gasteiger partial charge in [0.05, 0.1) is 12.1 Å². The van der Waals surface area contributed by atoms with Crippen LogP contribution in [0.3, 0.4) is 0 Å². The highest BCUT2D eigenvalue weighted by atomic mass is 16.4. The lowest BCUT2D eigenvalue weighted by molar-refractivity contribution is -0.132. The summed E-state index contributed by atoms with van der Waals surface area (Å²) in [5, 5.41) is 9.69. The van der Waals surface area contributed by atoms with Gasteiger partial charge in [0.15, 0.2) is 0 Å². The van der Waals surface area contributed by atoms with E-state index in [9.17, 15) is 9.59 Å². The Morgan fingerprint density at radius 1 is 1.24 bits per heavy atom. The summed E-state index contributed by atoms with van der Waals surface area (Å²) in [7, 11) is 0. The van der Waals surface area contributed by atoms with Crippen LogP contribution in [0.4, 0.5) is 0 Å². The molecule has 0 spiro atoms. The van der Waals surface area contributed by atoms with Crippen molar-refractivity contribution in [2.75, 3.05) is 0 Å². The van der Waals surface area contributed by atoms with E-state index in [4.69, 9.17) is 5.11 Å². The highest BCUT2D eigenvalue weighted by Crippen LogP contribution is 2.12. The summed E-state index contributed by atoms with van der Waals surface area (Å²) in [6.45, 7) is 3.43. The topological polar surface area (TPSA) is 59.3 Å². The number of rotatable bonds is 3. The van der Waals surface area contributed by atoms with E-state index in [0.29, 0.717) is 5.52 Å². The molecule has 1 aromatic carbocycles. The molecule has 0 aliphatic rings. The minimum Gasteiger partial charge on any atom is -0.478 e. The second-order valence-corrected chi connectivity index (χ2v) is 3.73. The van der Waals surface area contributed by atoms with E-state index in [1.54, 1.807) is 12.1 Å². The molecular formula is C13H11NO3. The normalized spacial score (nSPS) is 10.4. The fourth-order valence-electron chi connectivity index (χ4n) is 1.67. The third-order valence-corrected chi connectivity index (χ3v) is 2.55. The maximum atomic E-state index is 11.7. The Hall–Kier alpha value is -2.36. The van der Waals surface area contributed by atoms with E-state index in [2.05, 4.69) is 6.58 Å². The van der Waals surface area contributed by atoms with E-state index < -0.39 is 5.97 Å². The molecule has 86 valence electrons. The Balaban J connectivity index is 2.59. The lowest BCUT2D eigenvalue weighted by Gasteiger charge is -2.09. The first-order valence-corrected chi connectivity index (χ1v) is 5.09. The molecule has 0 amide bonds. The zero-order valence-corrected chi connectivity index (χ0v) is 9.09. The number of para-hydroxylation sites is 1. The van der Waals surface area contributed by atoms with Crippen LogP contribution in [0.15, 0.2) is 53.3 Å². The summed E-state index contributed by atoms with van der Waals surface area (Å²) in [5.74, 6) is -1.09. The third kappa shape index (κ3) is 2.10. The Kier molecular flexibility index (Phi) is 2.78. The number of aromatic nitrogens is 1. The number of benzene rings is 1. The van der Waals surface area contributed by atoms with Crippen molar-refractivity contribution >= 4 is 16.9 Å². The first-order chi connectivity index (χ1) is 8.09. The van der Waals surface area contributed by atoms with Gasteiger partial charge in [0, 0.05) is 11.6 Å². The highest BCUT2D eigenvalue weighted by Gasteiger charge is 2.08. The summed E-state index contributed by atoms with van der Waals surface area (Å²) < 4.78 is 1.41. The number of carbonyl (C=O) groups is 1. The highest BCUT2D eigenvalue weighted by molar-refractivity contribution is 5.86. The minimum absolute atomic E-state index is 0.00444. The molecular weight excluding hydrogens is 218 g/mol. The van der Waals surface area contributed by atoms with Crippen molar-refractivity contribution in [1.29, 1.82) is 0 Å². The summed E-state index contributed by atoms with van der Waals surface area (Å²) in [4.78, 5) is 22.5. The molecule has 2 rings (SSSR count). The van der Waals surface area contributed by atoms with Gasteiger partial charge >= 0.3 is 5.97 Å². The summed E-state index contributed by atoms with van der Waals surface area (Å²) >= 11 is 0. The van der Waals surface area contributed by atoms with Crippen molar-refractivity contribution in [2.45, 2.75) is 6.54 Å². The Bertz CT molecular complexity index is 655. The number of carboxylic acid groups (broad SMARTS) is 1. The zero-order valence-electron chi connectivity index (χ0n) is 9.09. The first kappa shape index (κ1) is 11.1. The maximum absolute atomic E-state index is 11.7. The van der Waals surface area contributed by atoms with Gasteiger partial charge in [-0.25, -0.2) is 4.79 Å². The number of fused-ring (bicyclic) bond motifs is 1. The lowest BCUT2D eigenvalue weighted by Crippen LogP contribution is -2.22. The first-order valence-electron chi connectivity index (χ1n) is 5.09. The molecule has 0 saturated heterocycles. The van der Waals surface area contributed by atoms with Gasteiger partial charge in [-0.15, -0.1) is 0 Å². The van der Waals surface area contributed by atoms with Gasteiger partial charge < -0.3 is 9.67 Å². The number of hydrogen-bond acceptors (Lipinski definition) is 2. The maximum Gasteiger partial charge on any atom is 0.332 e. The molecule has 0 saturated carbocycles. The summed E-state index contributed by atoms with van der Waals surface area (Å²) in [6.07, 6.45) is 0. The zero-order chi connectivity index (χ0) is 12.4. The molecule has 0 atom stereocenters. The molecule has 2 aromatic rings. The molecule has 1 N–H and O–H groups in total. The minimum atomic E-state index is -1.09. The predicted molar refractivity (Wildman–Crippen MR) is 65.0 cm³/mol. The number of hydrogen-bond donors (Lipinski definition) is 1. The van der Waals surface area contributed by atoms with Crippen LogP contribution < -0.4 is 5.56 Å².